The molecule has 0 spiro atoms. The Morgan fingerprint density at radius 2 is 1.74 bits per heavy atom. The molecule has 0 saturated carbocycles. The fraction of sp³-hybridized carbons (Fsp3) is 0.233. The topological polar surface area (TPSA) is 128 Å². The lowest BCUT2D eigenvalue weighted by Crippen LogP contribution is -2.32. The van der Waals surface area contributed by atoms with Gasteiger partial charge in [-0.2, -0.15) is 8.42 Å². The van der Waals surface area contributed by atoms with Gasteiger partial charge in [0.1, 0.15) is 17.3 Å². The molecule has 1 saturated heterocycles. The molecule has 1 heterocycles. The van der Waals surface area contributed by atoms with E-state index in [0.29, 0.717) is 20.6 Å². The standard InChI is InChI=1S/C30H29IN2O8S2/c1-5-39-26-16-21(15-24(31)28(26)41-43(37,38)23-10-8-22(9-11-23)32-20(4)34)17-27-29(35)33(30(36)42-27)12-13-40-25-14-18(2)6-7-19(25)3/h6-11,14-17H,5,12-13H2,1-4H3,(H,32,34)/b27-17-. The molecular formula is C30H29IN2O8S2. The zero-order chi connectivity index (χ0) is 31.3. The molecule has 0 bridgehead atoms. The van der Waals surface area contributed by atoms with Crippen molar-refractivity contribution in [2.24, 2.45) is 0 Å². The number of ether oxygens (including phenoxy) is 2. The van der Waals surface area contributed by atoms with Crippen LogP contribution in [0, 0.1) is 17.4 Å². The highest BCUT2D eigenvalue weighted by atomic mass is 127. The average molecular weight is 737 g/mol. The van der Waals surface area contributed by atoms with Crippen molar-refractivity contribution in [3.63, 3.8) is 0 Å². The van der Waals surface area contributed by atoms with E-state index < -0.39 is 21.3 Å². The highest BCUT2D eigenvalue weighted by Crippen LogP contribution is 2.39. The van der Waals surface area contributed by atoms with Crippen molar-refractivity contribution in [1.29, 1.82) is 0 Å². The molecule has 3 aromatic rings. The number of aryl methyl sites for hydroxylation is 2. The lowest BCUT2D eigenvalue weighted by atomic mass is 10.1. The second-order valence-electron chi connectivity index (χ2n) is 9.46. The molecule has 226 valence electrons. The lowest BCUT2D eigenvalue weighted by molar-refractivity contribution is -0.123. The molecule has 0 unspecified atom stereocenters. The van der Waals surface area contributed by atoms with E-state index in [1.54, 1.807) is 25.1 Å². The number of hydrogen-bond donors (Lipinski definition) is 1. The van der Waals surface area contributed by atoms with E-state index in [1.165, 1.54) is 31.2 Å². The van der Waals surface area contributed by atoms with Gasteiger partial charge in [0.2, 0.25) is 5.91 Å². The summed E-state index contributed by atoms with van der Waals surface area (Å²) < 4.78 is 43.5. The molecule has 1 aliphatic heterocycles. The summed E-state index contributed by atoms with van der Waals surface area (Å²) in [4.78, 5) is 38.2. The SMILES string of the molecule is CCOc1cc(/C=C2\SC(=O)N(CCOc3cc(C)ccc3C)C2=O)cc(I)c1OS(=O)(=O)c1ccc(NC(C)=O)cc1. The van der Waals surface area contributed by atoms with Gasteiger partial charge < -0.3 is 19.0 Å². The summed E-state index contributed by atoms with van der Waals surface area (Å²) in [5.74, 6) is 0.113. The number of hydrogen-bond acceptors (Lipinski definition) is 9. The summed E-state index contributed by atoms with van der Waals surface area (Å²) in [6.07, 6.45) is 1.56. The maximum Gasteiger partial charge on any atom is 0.339 e. The number of carbonyl (C=O) groups is 3. The summed E-state index contributed by atoms with van der Waals surface area (Å²) in [6.45, 7) is 7.43. The number of anilines is 1. The van der Waals surface area contributed by atoms with Gasteiger partial charge in [0.15, 0.2) is 11.5 Å². The summed E-state index contributed by atoms with van der Waals surface area (Å²) in [7, 11) is -4.25. The van der Waals surface area contributed by atoms with E-state index in [9.17, 15) is 22.8 Å². The number of halogens is 1. The fourth-order valence-corrected chi connectivity index (χ4v) is 6.74. The normalized spacial score (nSPS) is 14.3. The molecule has 10 nitrogen and oxygen atoms in total. The molecule has 0 aromatic heterocycles. The van der Waals surface area contributed by atoms with Crippen LogP contribution in [0.5, 0.6) is 17.2 Å². The zero-order valence-corrected chi connectivity index (χ0v) is 27.6. The number of amides is 3. The molecule has 1 N–H and O–H groups in total. The van der Waals surface area contributed by atoms with Crippen molar-refractivity contribution in [2.75, 3.05) is 25.1 Å². The Bertz CT molecular complexity index is 1710. The van der Waals surface area contributed by atoms with E-state index in [-0.39, 0.29) is 47.0 Å². The van der Waals surface area contributed by atoms with Crippen LogP contribution in [0.1, 0.15) is 30.5 Å². The minimum Gasteiger partial charge on any atom is -0.491 e. The summed E-state index contributed by atoms with van der Waals surface area (Å²) in [6, 6.07) is 14.6. The van der Waals surface area contributed by atoms with E-state index in [1.807, 2.05) is 54.6 Å². The van der Waals surface area contributed by atoms with E-state index >= 15 is 0 Å². The lowest BCUT2D eigenvalue weighted by Gasteiger charge is -2.15. The first-order chi connectivity index (χ1) is 20.4. The Kier molecular flexibility index (Phi) is 10.4. The number of thioether (sulfide) groups is 1. The predicted octanol–water partition coefficient (Wildman–Crippen LogP) is 6.15. The van der Waals surface area contributed by atoms with Crippen molar-refractivity contribution >= 4 is 73.3 Å². The Morgan fingerprint density at radius 3 is 2.42 bits per heavy atom. The van der Waals surface area contributed by atoms with Gasteiger partial charge in [0, 0.05) is 12.6 Å². The number of imide groups is 1. The van der Waals surface area contributed by atoms with E-state index in [4.69, 9.17) is 13.7 Å². The molecule has 0 radical (unpaired) electrons. The fourth-order valence-electron chi connectivity index (χ4n) is 4.03. The molecular weight excluding hydrogens is 707 g/mol. The molecule has 1 fully saturated rings. The maximum absolute atomic E-state index is 13.1. The Morgan fingerprint density at radius 1 is 1.02 bits per heavy atom. The summed E-state index contributed by atoms with van der Waals surface area (Å²) >= 11 is 2.74. The van der Waals surface area contributed by atoms with Gasteiger partial charge in [-0.3, -0.25) is 19.3 Å². The van der Waals surface area contributed by atoms with E-state index in [2.05, 4.69) is 5.32 Å². The molecule has 3 amide bonds. The van der Waals surface area contributed by atoms with Crippen LogP contribution in [0.3, 0.4) is 0 Å². The summed E-state index contributed by atoms with van der Waals surface area (Å²) in [5, 5.41) is 2.17. The number of nitrogens with one attached hydrogen (secondary N) is 1. The highest BCUT2D eigenvalue weighted by Gasteiger charge is 2.35. The van der Waals surface area contributed by atoms with Crippen LogP contribution in [-0.4, -0.2) is 50.1 Å². The predicted molar refractivity (Wildman–Crippen MR) is 173 cm³/mol. The summed E-state index contributed by atoms with van der Waals surface area (Å²) in [5.41, 5.74) is 2.97. The molecule has 1 aliphatic rings. The van der Waals surface area contributed by atoms with Crippen LogP contribution in [0.25, 0.3) is 6.08 Å². The maximum atomic E-state index is 13.1. The third kappa shape index (κ3) is 8.09. The second kappa shape index (κ2) is 13.8. The van der Waals surface area contributed by atoms with Crippen molar-refractivity contribution < 1.29 is 36.5 Å². The minimum absolute atomic E-state index is 0.0118. The van der Waals surface area contributed by atoms with Crippen molar-refractivity contribution in [2.45, 2.75) is 32.6 Å². The zero-order valence-electron chi connectivity index (χ0n) is 23.8. The quantitative estimate of drug-likeness (QED) is 0.140. The third-order valence-electron chi connectivity index (χ3n) is 6.08. The van der Waals surface area contributed by atoms with Crippen molar-refractivity contribution in [3.05, 3.63) is 79.8 Å². The molecule has 4 rings (SSSR count). The largest absolute Gasteiger partial charge is 0.491 e. The number of benzene rings is 3. The first-order valence-electron chi connectivity index (χ1n) is 13.1. The van der Waals surface area contributed by atoms with Gasteiger partial charge in [-0.25, -0.2) is 0 Å². The van der Waals surface area contributed by atoms with Crippen LogP contribution in [0.4, 0.5) is 10.5 Å². The van der Waals surface area contributed by atoms with Gasteiger partial charge in [-0.1, -0.05) is 12.1 Å². The Labute approximate surface area is 268 Å². The Balaban J connectivity index is 1.51. The Hall–Kier alpha value is -3.56. The van der Waals surface area contributed by atoms with Gasteiger partial charge >= 0.3 is 10.1 Å². The van der Waals surface area contributed by atoms with Crippen LogP contribution in [0.15, 0.2) is 64.4 Å². The van der Waals surface area contributed by atoms with Crippen LogP contribution in [-0.2, 0) is 19.7 Å². The van der Waals surface area contributed by atoms with Crippen LogP contribution in [0.2, 0.25) is 0 Å². The van der Waals surface area contributed by atoms with Gasteiger partial charge in [0.25, 0.3) is 11.1 Å². The first-order valence-corrected chi connectivity index (χ1v) is 16.4. The minimum atomic E-state index is -4.25. The van der Waals surface area contributed by atoms with E-state index in [0.717, 1.165) is 27.8 Å². The smallest absolute Gasteiger partial charge is 0.339 e. The van der Waals surface area contributed by atoms with Crippen LogP contribution >= 0.6 is 34.4 Å². The van der Waals surface area contributed by atoms with Crippen molar-refractivity contribution in [1.82, 2.24) is 4.90 Å². The molecule has 13 heteroatoms. The molecule has 0 aliphatic carbocycles. The number of nitrogens with zero attached hydrogens (tertiary/aromatic N) is 1. The number of rotatable bonds is 11. The second-order valence-corrected chi connectivity index (χ2v) is 13.2. The average Bonchev–Trinajstić information content (AvgIpc) is 3.20. The number of carbonyl (C=O) groups excluding carboxylic acids is 3. The monoisotopic (exact) mass is 736 g/mol. The van der Waals surface area contributed by atoms with Gasteiger partial charge in [0.05, 0.1) is 21.6 Å². The van der Waals surface area contributed by atoms with Crippen molar-refractivity contribution in [3.8, 4) is 17.2 Å². The first kappa shape index (κ1) is 32.4. The van der Waals surface area contributed by atoms with Gasteiger partial charge in [-0.15, -0.1) is 0 Å². The molecule has 43 heavy (non-hydrogen) atoms. The highest BCUT2D eigenvalue weighted by molar-refractivity contribution is 14.1. The molecule has 3 aromatic carbocycles. The van der Waals surface area contributed by atoms with Gasteiger partial charge in [-0.05, 0) is 120 Å². The third-order valence-corrected chi connectivity index (χ3v) is 9.02. The van der Waals surface area contributed by atoms with Crippen LogP contribution < -0.4 is 19.0 Å². The molecule has 0 atom stereocenters.